The monoisotopic (exact) mass is 556 g/mol. The molecule has 4 aromatic rings. The Bertz CT molecular complexity index is 1630. The number of halogens is 1. The van der Waals surface area contributed by atoms with E-state index < -0.39 is 34.5 Å². The molecule has 0 aliphatic carbocycles. The van der Waals surface area contributed by atoms with Crippen molar-refractivity contribution < 1.29 is 41.4 Å². The van der Waals surface area contributed by atoms with Crippen molar-refractivity contribution in [2.75, 3.05) is 23.7 Å². The average Bonchev–Trinajstić information content (AvgIpc) is 3.25. The van der Waals surface area contributed by atoms with Gasteiger partial charge in [-0.25, -0.2) is 22.4 Å². The van der Waals surface area contributed by atoms with Gasteiger partial charge in [-0.2, -0.15) is 0 Å². The average molecular weight is 557 g/mol. The molecule has 0 radical (unpaired) electrons. The zero-order valence-corrected chi connectivity index (χ0v) is 21.8. The van der Waals surface area contributed by atoms with Crippen LogP contribution in [0.5, 0.6) is 11.5 Å². The number of rotatable bonds is 9. The topological polar surface area (TPSA) is 149 Å². The summed E-state index contributed by atoms with van der Waals surface area (Å²) < 4.78 is 55.5. The fraction of sp³-hybridized carbons (Fsp3) is 0.185. The normalized spacial score (nSPS) is 11.4. The number of amides is 1. The van der Waals surface area contributed by atoms with Crippen molar-refractivity contribution in [3.63, 3.8) is 0 Å². The fourth-order valence-electron chi connectivity index (χ4n) is 4.11. The Morgan fingerprint density at radius 2 is 1.67 bits per heavy atom. The van der Waals surface area contributed by atoms with E-state index in [1.165, 1.54) is 30.3 Å². The predicted molar refractivity (Wildman–Crippen MR) is 142 cm³/mol. The third kappa shape index (κ3) is 6.02. The van der Waals surface area contributed by atoms with Gasteiger partial charge in [-0.1, -0.05) is 6.92 Å². The van der Waals surface area contributed by atoms with Crippen LogP contribution in [-0.2, 0) is 21.2 Å². The number of fused-ring (bicyclic) bond motifs is 1. The number of aliphatic hydroxyl groups is 1. The molecule has 12 heteroatoms. The lowest BCUT2D eigenvalue weighted by Crippen LogP contribution is -2.33. The first-order valence-corrected chi connectivity index (χ1v) is 13.6. The van der Waals surface area contributed by atoms with Crippen LogP contribution in [0.2, 0.25) is 0 Å². The Balaban J connectivity index is 1.84. The number of aliphatic hydroxyl groups excluding tert-OH is 1. The van der Waals surface area contributed by atoms with E-state index in [-0.39, 0.29) is 34.5 Å². The number of ether oxygens (including phenoxy) is 2. The van der Waals surface area contributed by atoms with E-state index in [2.05, 4.69) is 4.74 Å². The number of esters is 1. The summed E-state index contributed by atoms with van der Waals surface area (Å²) >= 11 is 0. The number of aryl methyl sites for hydroxylation is 1. The minimum absolute atomic E-state index is 0.0526. The number of nitrogens with zero attached hydrogens (tertiary/aromatic N) is 1. The summed E-state index contributed by atoms with van der Waals surface area (Å²) in [5, 5.41) is 9.74. The minimum Gasteiger partial charge on any atom is -0.457 e. The summed E-state index contributed by atoms with van der Waals surface area (Å²) in [6, 6.07) is 14.9. The van der Waals surface area contributed by atoms with Crippen LogP contribution >= 0.6 is 0 Å². The molecule has 1 amide bonds. The van der Waals surface area contributed by atoms with Crippen molar-refractivity contribution in [1.82, 2.24) is 0 Å². The second kappa shape index (κ2) is 11.1. The molecule has 0 aliphatic rings. The van der Waals surface area contributed by atoms with Gasteiger partial charge in [-0.15, -0.1) is 0 Å². The van der Waals surface area contributed by atoms with Gasteiger partial charge in [-0.3, -0.25) is 4.31 Å². The molecule has 1 aromatic heterocycles. The molecule has 10 nitrogen and oxygen atoms in total. The van der Waals surface area contributed by atoms with Crippen LogP contribution in [0.25, 0.3) is 22.3 Å². The van der Waals surface area contributed by atoms with Gasteiger partial charge in [0, 0.05) is 17.0 Å². The van der Waals surface area contributed by atoms with Crippen molar-refractivity contribution in [3.05, 3.63) is 77.6 Å². The molecule has 1 heterocycles. The van der Waals surface area contributed by atoms with Gasteiger partial charge in [-0.05, 0) is 66.6 Å². The molecule has 3 N–H and O–H groups in total. The number of hydrogen-bond acceptors (Lipinski definition) is 8. The molecule has 39 heavy (non-hydrogen) atoms. The highest BCUT2D eigenvalue weighted by Gasteiger charge is 2.28. The number of primary amides is 1. The summed E-state index contributed by atoms with van der Waals surface area (Å²) in [5.41, 5.74) is 6.40. The van der Waals surface area contributed by atoms with E-state index in [9.17, 15) is 27.5 Å². The zero-order valence-electron chi connectivity index (χ0n) is 21.0. The first kappa shape index (κ1) is 27.6. The lowest BCUT2D eigenvalue weighted by molar-refractivity contribution is 0.0640. The SMILES string of the molecule is CCc1cc2c(C(=O)OC(N)=O)c(-c3ccc(Oc4ccc(F)cc4)cc3)oc2cc1N(CCO)S(C)(=O)=O. The Kier molecular flexibility index (Phi) is 7.88. The molecular weight excluding hydrogens is 531 g/mol. The first-order chi connectivity index (χ1) is 18.5. The third-order valence-corrected chi connectivity index (χ3v) is 6.99. The lowest BCUT2D eigenvalue weighted by atomic mass is 10.0. The second-order valence-electron chi connectivity index (χ2n) is 8.48. The largest absolute Gasteiger partial charge is 0.457 e. The van der Waals surface area contributed by atoms with Crippen molar-refractivity contribution >= 4 is 38.7 Å². The third-order valence-electron chi connectivity index (χ3n) is 5.81. The molecule has 0 aliphatic heterocycles. The van der Waals surface area contributed by atoms with Gasteiger partial charge in [0.25, 0.3) is 0 Å². The van der Waals surface area contributed by atoms with E-state index >= 15 is 0 Å². The molecule has 0 unspecified atom stereocenters. The number of carbonyl (C=O) groups excluding carboxylic acids is 2. The van der Waals surface area contributed by atoms with Crippen LogP contribution in [-0.4, -0.2) is 45.0 Å². The maximum absolute atomic E-state index is 13.2. The molecule has 0 fully saturated rings. The Hall–Kier alpha value is -4.42. The first-order valence-electron chi connectivity index (χ1n) is 11.7. The summed E-state index contributed by atoms with van der Waals surface area (Å²) in [6.07, 6.45) is 0.0931. The smallest absolute Gasteiger partial charge is 0.412 e. The van der Waals surface area contributed by atoms with Crippen LogP contribution in [0.15, 0.2) is 65.1 Å². The van der Waals surface area contributed by atoms with E-state index in [4.69, 9.17) is 14.9 Å². The molecule has 0 saturated heterocycles. The second-order valence-corrected chi connectivity index (χ2v) is 10.4. The Morgan fingerprint density at radius 3 is 2.21 bits per heavy atom. The zero-order chi connectivity index (χ0) is 28.3. The highest BCUT2D eigenvalue weighted by molar-refractivity contribution is 7.92. The highest BCUT2D eigenvalue weighted by Crippen LogP contribution is 2.39. The van der Waals surface area contributed by atoms with Gasteiger partial charge < -0.3 is 24.7 Å². The summed E-state index contributed by atoms with van der Waals surface area (Å²) in [7, 11) is -3.76. The maximum Gasteiger partial charge on any atom is 0.412 e. The predicted octanol–water partition coefficient (Wildman–Crippen LogP) is 4.59. The fourth-order valence-corrected chi connectivity index (χ4v) is 5.05. The molecule has 4 rings (SSSR count). The quantitative estimate of drug-likeness (QED) is 0.225. The van der Waals surface area contributed by atoms with E-state index in [0.717, 1.165) is 10.6 Å². The van der Waals surface area contributed by atoms with Gasteiger partial charge in [0.2, 0.25) is 10.0 Å². The van der Waals surface area contributed by atoms with Crippen molar-refractivity contribution in [3.8, 4) is 22.8 Å². The minimum atomic E-state index is -3.76. The summed E-state index contributed by atoms with van der Waals surface area (Å²) in [5.74, 6) is -0.559. The number of benzene rings is 3. The van der Waals surface area contributed by atoms with Crippen molar-refractivity contribution in [2.45, 2.75) is 13.3 Å². The van der Waals surface area contributed by atoms with Crippen LogP contribution in [0.3, 0.4) is 0 Å². The van der Waals surface area contributed by atoms with Crippen LogP contribution in [0.4, 0.5) is 14.9 Å². The number of sulfonamides is 1. The van der Waals surface area contributed by atoms with E-state index in [0.29, 0.717) is 29.0 Å². The molecular formula is C27H25FN2O8S. The standard InChI is InChI=1S/C27H25FN2O8S/c1-3-16-14-21-23(15-22(16)30(12-13-31)39(2,34)35)37-25(24(21)26(32)38-27(29)33)17-4-8-19(9-5-17)36-20-10-6-18(28)7-11-20/h4-11,14-15,31H,3,12-13H2,1-2H3,(H2,29,33). The van der Waals surface area contributed by atoms with E-state index in [1.54, 1.807) is 37.3 Å². The van der Waals surface area contributed by atoms with E-state index in [1.807, 2.05) is 0 Å². The molecule has 204 valence electrons. The number of carbonyl (C=O) groups is 2. The number of furan rings is 1. The van der Waals surface area contributed by atoms with Crippen molar-refractivity contribution in [2.24, 2.45) is 5.73 Å². The van der Waals surface area contributed by atoms with Crippen LogP contribution in [0, 0.1) is 5.82 Å². The molecule has 0 saturated carbocycles. The van der Waals surface area contributed by atoms with Gasteiger partial charge in [0.05, 0.1) is 25.1 Å². The summed E-state index contributed by atoms with van der Waals surface area (Å²) in [4.78, 5) is 24.4. The van der Waals surface area contributed by atoms with Crippen LogP contribution in [0.1, 0.15) is 22.8 Å². The maximum atomic E-state index is 13.2. The number of hydrogen-bond donors (Lipinski definition) is 2. The Morgan fingerprint density at radius 1 is 1.05 bits per heavy atom. The molecule has 0 atom stereocenters. The number of nitrogens with two attached hydrogens (primary N) is 1. The van der Waals surface area contributed by atoms with Crippen LogP contribution < -0.4 is 14.8 Å². The summed E-state index contributed by atoms with van der Waals surface area (Å²) in [6.45, 7) is 1.20. The molecule has 0 bridgehead atoms. The van der Waals surface area contributed by atoms with Gasteiger partial charge >= 0.3 is 12.1 Å². The number of anilines is 1. The highest BCUT2D eigenvalue weighted by atomic mass is 32.2. The molecule has 0 spiro atoms. The van der Waals surface area contributed by atoms with Gasteiger partial charge in [0.1, 0.15) is 34.2 Å². The lowest BCUT2D eigenvalue weighted by Gasteiger charge is -2.24. The Labute approximate surface area is 223 Å². The molecule has 3 aromatic carbocycles. The van der Waals surface area contributed by atoms with Gasteiger partial charge in [0.15, 0.2) is 0 Å². The van der Waals surface area contributed by atoms with Crippen molar-refractivity contribution in [1.29, 1.82) is 0 Å².